The van der Waals surface area contributed by atoms with Crippen LogP contribution >= 0.6 is 0 Å². The molecular weight excluding hydrogens is 310 g/mol. The Morgan fingerprint density at radius 3 is 2.40 bits per heavy atom. The van der Waals surface area contributed by atoms with Gasteiger partial charge >= 0.3 is 0 Å². The fourth-order valence-corrected chi connectivity index (χ4v) is 2.83. The molecule has 124 valence electrons. The topological polar surface area (TPSA) is 54.9 Å². The normalized spacial score (nSPS) is 13.4. The molecule has 0 bridgehead atoms. The summed E-state index contributed by atoms with van der Waals surface area (Å²) in [4.78, 5) is 20.9. The first kappa shape index (κ1) is 15.5. The first-order valence-electron chi connectivity index (χ1n) is 8.54. The summed E-state index contributed by atoms with van der Waals surface area (Å²) in [5.41, 5.74) is 4.83. The van der Waals surface area contributed by atoms with Crippen LogP contribution in [-0.4, -0.2) is 15.9 Å². The van der Waals surface area contributed by atoms with Crippen LogP contribution in [0.25, 0.3) is 11.1 Å². The van der Waals surface area contributed by atoms with Gasteiger partial charge in [0.25, 0.3) is 5.91 Å². The zero-order valence-corrected chi connectivity index (χ0v) is 13.9. The lowest BCUT2D eigenvalue weighted by atomic mass is 10.0. The highest BCUT2D eigenvalue weighted by Crippen LogP contribution is 2.38. The zero-order valence-electron chi connectivity index (χ0n) is 13.9. The Hall–Kier alpha value is -3.01. The third kappa shape index (κ3) is 3.74. The molecule has 0 spiro atoms. The van der Waals surface area contributed by atoms with Gasteiger partial charge in [-0.1, -0.05) is 42.5 Å². The monoisotopic (exact) mass is 329 g/mol. The molecule has 0 radical (unpaired) electrons. The Kier molecular flexibility index (Phi) is 4.25. The van der Waals surface area contributed by atoms with E-state index < -0.39 is 0 Å². The van der Waals surface area contributed by atoms with Crippen LogP contribution in [0, 0.1) is 0 Å². The first-order chi connectivity index (χ1) is 12.3. The van der Waals surface area contributed by atoms with E-state index in [1.165, 1.54) is 12.8 Å². The van der Waals surface area contributed by atoms with Crippen LogP contribution in [0.1, 0.15) is 40.5 Å². The van der Waals surface area contributed by atoms with Crippen LogP contribution in [-0.2, 0) is 6.54 Å². The van der Waals surface area contributed by atoms with Gasteiger partial charge in [0.15, 0.2) is 0 Å². The first-order valence-corrected chi connectivity index (χ1v) is 8.54. The predicted octanol–water partition coefficient (Wildman–Crippen LogP) is 3.95. The summed E-state index contributed by atoms with van der Waals surface area (Å²) in [7, 11) is 0. The Balaban J connectivity index is 1.40. The lowest BCUT2D eigenvalue weighted by molar-refractivity contribution is 0.0950. The average molecular weight is 329 g/mol. The molecule has 1 fully saturated rings. The number of nitrogens with zero attached hydrogens (tertiary/aromatic N) is 2. The molecule has 1 aromatic heterocycles. The van der Waals surface area contributed by atoms with Crippen molar-refractivity contribution >= 4 is 5.91 Å². The second-order valence-corrected chi connectivity index (χ2v) is 6.33. The van der Waals surface area contributed by atoms with Gasteiger partial charge in [0, 0.05) is 17.2 Å². The van der Waals surface area contributed by atoms with Crippen molar-refractivity contribution in [1.29, 1.82) is 0 Å². The van der Waals surface area contributed by atoms with Crippen LogP contribution < -0.4 is 5.32 Å². The molecule has 1 saturated carbocycles. The van der Waals surface area contributed by atoms with Gasteiger partial charge in [-0.3, -0.25) is 4.79 Å². The molecule has 1 heterocycles. The zero-order chi connectivity index (χ0) is 17.1. The molecule has 1 amide bonds. The molecule has 4 rings (SSSR count). The molecule has 0 saturated heterocycles. The standard InChI is InChI=1S/C21H19N3O/c25-21(22-13-19-12-20(17-8-9-17)24-14-23-19)18-10-6-16(7-11-18)15-4-2-1-3-5-15/h1-7,10-12,14,17H,8-9,13H2,(H,22,25). The lowest BCUT2D eigenvalue weighted by Crippen LogP contribution is -2.23. The van der Waals surface area contributed by atoms with Gasteiger partial charge in [0.1, 0.15) is 6.33 Å². The fourth-order valence-electron chi connectivity index (χ4n) is 2.83. The van der Waals surface area contributed by atoms with Crippen LogP contribution in [0.15, 0.2) is 67.0 Å². The summed E-state index contributed by atoms with van der Waals surface area (Å²) in [5.74, 6) is 0.495. The minimum Gasteiger partial charge on any atom is -0.346 e. The molecule has 4 nitrogen and oxygen atoms in total. The van der Waals surface area contributed by atoms with Gasteiger partial charge in [-0.25, -0.2) is 9.97 Å². The highest BCUT2D eigenvalue weighted by atomic mass is 16.1. The molecule has 4 heteroatoms. The summed E-state index contributed by atoms with van der Waals surface area (Å²) in [6, 6.07) is 19.8. The maximum absolute atomic E-state index is 12.3. The number of hydrogen-bond acceptors (Lipinski definition) is 3. The van der Waals surface area contributed by atoms with Crippen LogP contribution in [0.3, 0.4) is 0 Å². The number of benzene rings is 2. The maximum Gasteiger partial charge on any atom is 0.251 e. The summed E-state index contributed by atoms with van der Waals surface area (Å²) >= 11 is 0. The highest BCUT2D eigenvalue weighted by molar-refractivity contribution is 5.94. The molecule has 25 heavy (non-hydrogen) atoms. The quantitative estimate of drug-likeness (QED) is 0.771. The van der Waals surface area contributed by atoms with Crippen molar-refractivity contribution < 1.29 is 4.79 Å². The summed E-state index contributed by atoms with van der Waals surface area (Å²) in [6.45, 7) is 0.418. The second kappa shape index (κ2) is 6.85. The average Bonchev–Trinajstić information content (AvgIpc) is 3.52. The summed E-state index contributed by atoms with van der Waals surface area (Å²) in [5, 5.41) is 2.93. The summed E-state index contributed by atoms with van der Waals surface area (Å²) in [6.07, 6.45) is 4.00. The van der Waals surface area contributed by atoms with E-state index in [1.807, 2.05) is 48.5 Å². The number of amides is 1. The van der Waals surface area contributed by atoms with Gasteiger partial charge in [-0.15, -0.1) is 0 Å². The highest BCUT2D eigenvalue weighted by Gasteiger charge is 2.25. The number of carbonyl (C=O) groups is 1. The molecule has 0 unspecified atom stereocenters. The SMILES string of the molecule is O=C(NCc1cc(C2CC2)ncn1)c1ccc(-c2ccccc2)cc1. The van der Waals surface area contributed by atoms with Crippen molar-refractivity contribution in [3.05, 3.63) is 83.9 Å². The van der Waals surface area contributed by atoms with Crippen molar-refractivity contribution in [2.45, 2.75) is 25.3 Å². The molecule has 1 aliphatic rings. The molecule has 3 aromatic rings. The number of aromatic nitrogens is 2. The van der Waals surface area contributed by atoms with Gasteiger partial charge in [-0.05, 0) is 42.2 Å². The summed E-state index contributed by atoms with van der Waals surface area (Å²) < 4.78 is 0. The van der Waals surface area contributed by atoms with Gasteiger partial charge in [0.2, 0.25) is 0 Å². The Labute approximate surface area is 147 Å². The van der Waals surface area contributed by atoms with Crippen molar-refractivity contribution in [3.63, 3.8) is 0 Å². The van der Waals surface area contributed by atoms with E-state index in [0.29, 0.717) is 18.0 Å². The van der Waals surface area contributed by atoms with E-state index in [2.05, 4.69) is 27.4 Å². The molecule has 1 aliphatic carbocycles. The number of carbonyl (C=O) groups excluding carboxylic acids is 1. The smallest absolute Gasteiger partial charge is 0.251 e. The van der Waals surface area contributed by atoms with E-state index in [4.69, 9.17) is 0 Å². The fraction of sp³-hybridized carbons (Fsp3) is 0.190. The molecule has 0 aliphatic heterocycles. The maximum atomic E-state index is 12.3. The van der Waals surface area contributed by atoms with E-state index in [9.17, 15) is 4.79 Å². The number of nitrogens with one attached hydrogen (secondary N) is 1. The Morgan fingerprint density at radius 2 is 1.68 bits per heavy atom. The third-order valence-corrected chi connectivity index (χ3v) is 4.42. The number of hydrogen-bond donors (Lipinski definition) is 1. The second-order valence-electron chi connectivity index (χ2n) is 6.33. The molecule has 1 N–H and O–H groups in total. The van der Waals surface area contributed by atoms with E-state index in [1.54, 1.807) is 6.33 Å². The largest absolute Gasteiger partial charge is 0.346 e. The van der Waals surface area contributed by atoms with Crippen molar-refractivity contribution in [2.24, 2.45) is 0 Å². The van der Waals surface area contributed by atoms with E-state index >= 15 is 0 Å². The Morgan fingerprint density at radius 1 is 0.960 bits per heavy atom. The van der Waals surface area contributed by atoms with Gasteiger partial charge < -0.3 is 5.32 Å². The van der Waals surface area contributed by atoms with Crippen LogP contribution in [0.2, 0.25) is 0 Å². The van der Waals surface area contributed by atoms with E-state index in [-0.39, 0.29) is 5.91 Å². The van der Waals surface area contributed by atoms with Crippen molar-refractivity contribution in [1.82, 2.24) is 15.3 Å². The predicted molar refractivity (Wildman–Crippen MR) is 97.1 cm³/mol. The van der Waals surface area contributed by atoms with Gasteiger partial charge in [0.05, 0.1) is 12.2 Å². The minimum absolute atomic E-state index is 0.0915. The third-order valence-electron chi connectivity index (χ3n) is 4.42. The van der Waals surface area contributed by atoms with E-state index in [0.717, 1.165) is 22.5 Å². The Bertz CT molecular complexity index is 871. The molecular formula is C21H19N3O. The molecule has 2 aromatic carbocycles. The van der Waals surface area contributed by atoms with Crippen LogP contribution in [0.5, 0.6) is 0 Å². The lowest BCUT2D eigenvalue weighted by Gasteiger charge is -2.07. The van der Waals surface area contributed by atoms with Crippen LogP contribution in [0.4, 0.5) is 0 Å². The van der Waals surface area contributed by atoms with Crippen molar-refractivity contribution in [3.8, 4) is 11.1 Å². The minimum atomic E-state index is -0.0915. The van der Waals surface area contributed by atoms with Crippen molar-refractivity contribution in [2.75, 3.05) is 0 Å². The number of rotatable bonds is 5. The molecule has 0 atom stereocenters. The van der Waals surface area contributed by atoms with Gasteiger partial charge in [-0.2, -0.15) is 0 Å².